The fourth-order valence-electron chi connectivity index (χ4n) is 3.42. The third-order valence-corrected chi connectivity index (χ3v) is 5.18. The Morgan fingerprint density at radius 2 is 1.89 bits per heavy atom. The summed E-state index contributed by atoms with van der Waals surface area (Å²) in [4.78, 5) is 15.0. The van der Waals surface area contributed by atoms with E-state index in [2.05, 4.69) is 10.2 Å². The first-order chi connectivity index (χ1) is 13.1. The molecule has 0 spiro atoms. The number of amides is 1. The minimum atomic E-state index is -0.334. The van der Waals surface area contributed by atoms with E-state index in [4.69, 9.17) is 14.9 Å². The van der Waals surface area contributed by atoms with E-state index in [-0.39, 0.29) is 23.9 Å². The number of nitrogens with two attached hydrogens (primary N) is 1. The van der Waals surface area contributed by atoms with Gasteiger partial charge in [-0.2, -0.15) is 0 Å². The minimum absolute atomic E-state index is 0.00769. The summed E-state index contributed by atoms with van der Waals surface area (Å²) in [5.74, 6) is 1.37. The number of morpholine rings is 1. The monoisotopic (exact) mass is 371 g/mol. The molecule has 27 heavy (non-hydrogen) atoms. The van der Waals surface area contributed by atoms with Crippen LogP contribution in [0.4, 0.5) is 0 Å². The van der Waals surface area contributed by atoms with Crippen molar-refractivity contribution in [1.82, 2.24) is 10.2 Å². The molecule has 3 atom stereocenters. The fourth-order valence-corrected chi connectivity index (χ4v) is 3.42. The smallest absolute Gasteiger partial charge is 0.224 e. The summed E-state index contributed by atoms with van der Waals surface area (Å²) in [6.45, 7) is 7.31. The first-order valence-electron chi connectivity index (χ1n) is 9.52. The van der Waals surface area contributed by atoms with Crippen molar-refractivity contribution in [2.45, 2.75) is 25.9 Å². The van der Waals surface area contributed by atoms with E-state index in [9.17, 15) is 4.79 Å². The number of hydrogen-bond donors (Lipinski definition) is 2. The van der Waals surface area contributed by atoms with Gasteiger partial charge >= 0.3 is 0 Å². The molecule has 6 heteroatoms. The molecule has 1 saturated heterocycles. The van der Waals surface area contributed by atoms with Crippen molar-refractivity contribution in [3.8, 4) is 0 Å². The van der Waals surface area contributed by atoms with Gasteiger partial charge in [0.15, 0.2) is 0 Å². The highest BCUT2D eigenvalue weighted by molar-refractivity contribution is 5.79. The third kappa shape index (κ3) is 4.97. The molecule has 1 amide bonds. The summed E-state index contributed by atoms with van der Waals surface area (Å²) in [5, 5.41) is 3.08. The Labute approximate surface area is 160 Å². The van der Waals surface area contributed by atoms with Gasteiger partial charge in [0.2, 0.25) is 5.91 Å². The summed E-state index contributed by atoms with van der Waals surface area (Å²) in [6, 6.07) is 13.3. The molecule has 146 valence electrons. The van der Waals surface area contributed by atoms with Gasteiger partial charge in [0.05, 0.1) is 25.2 Å². The molecular formula is C21H29N3O3. The Bertz CT molecular complexity index is 725. The molecule has 3 rings (SSSR count). The Hall–Kier alpha value is -2.15. The zero-order chi connectivity index (χ0) is 19.2. The molecule has 6 nitrogen and oxygen atoms in total. The molecule has 1 aromatic carbocycles. The number of carbonyl (C=O) groups excluding carboxylic acids is 1. The zero-order valence-electron chi connectivity index (χ0n) is 16.1. The number of furan rings is 1. The largest absolute Gasteiger partial charge is 0.465 e. The Kier molecular flexibility index (Phi) is 6.66. The topological polar surface area (TPSA) is 80.7 Å². The van der Waals surface area contributed by atoms with Crippen LogP contribution in [0.25, 0.3) is 0 Å². The number of nitrogens with one attached hydrogen (secondary N) is 1. The second-order valence-corrected chi connectivity index (χ2v) is 7.08. The highest BCUT2D eigenvalue weighted by Gasteiger charge is 2.28. The van der Waals surface area contributed by atoms with Crippen LogP contribution in [-0.4, -0.2) is 43.7 Å². The van der Waals surface area contributed by atoms with Gasteiger partial charge in [-0.05, 0) is 24.6 Å². The lowest BCUT2D eigenvalue weighted by Crippen LogP contribution is -2.45. The lowest BCUT2D eigenvalue weighted by Gasteiger charge is -2.33. The highest BCUT2D eigenvalue weighted by Crippen LogP contribution is 2.24. The molecular weight excluding hydrogens is 342 g/mol. The standard InChI is InChI=1S/C21H29N3O3/c1-15-8-9-19(27-15)18(24-10-12-26-13-11-24)14-23-21(25)16(2)20(22)17-6-4-3-5-7-17/h3-9,16,18,20H,10-14,22H2,1-2H3,(H,23,25). The van der Waals surface area contributed by atoms with Gasteiger partial charge in [-0.15, -0.1) is 0 Å². The molecule has 2 heterocycles. The van der Waals surface area contributed by atoms with E-state index in [1.165, 1.54) is 0 Å². The third-order valence-electron chi connectivity index (χ3n) is 5.18. The average Bonchev–Trinajstić information content (AvgIpc) is 3.14. The van der Waals surface area contributed by atoms with Crippen LogP contribution in [0.5, 0.6) is 0 Å². The van der Waals surface area contributed by atoms with E-state index >= 15 is 0 Å². The maximum atomic E-state index is 12.7. The Morgan fingerprint density at radius 3 is 2.52 bits per heavy atom. The summed E-state index contributed by atoms with van der Waals surface area (Å²) in [7, 11) is 0. The van der Waals surface area contributed by atoms with Gasteiger partial charge in [-0.1, -0.05) is 37.3 Å². The maximum Gasteiger partial charge on any atom is 0.224 e. The van der Waals surface area contributed by atoms with Crippen molar-refractivity contribution in [3.63, 3.8) is 0 Å². The van der Waals surface area contributed by atoms with Gasteiger partial charge in [-0.3, -0.25) is 9.69 Å². The van der Waals surface area contributed by atoms with E-state index < -0.39 is 0 Å². The van der Waals surface area contributed by atoms with Crippen molar-refractivity contribution in [2.75, 3.05) is 32.8 Å². The van der Waals surface area contributed by atoms with Crippen LogP contribution in [0.3, 0.4) is 0 Å². The molecule has 1 fully saturated rings. The van der Waals surface area contributed by atoms with Crippen LogP contribution in [0.1, 0.15) is 36.1 Å². The molecule has 0 saturated carbocycles. The van der Waals surface area contributed by atoms with E-state index in [1.807, 2.05) is 56.3 Å². The Morgan fingerprint density at radius 1 is 1.19 bits per heavy atom. The van der Waals surface area contributed by atoms with Gasteiger partial charge in [-0.25, -0.2) is 0 Å². The summed E-state index contributed by atoms with van der Waals surface area (Å²) < 4.78 is 11.3. The molecule has 2 aromatic rings. The Balaban J connectivity index is 1.64. The zero-order valence-corrected chi connectivity index (χ0v) is 16.1. The van der Waals surface area contributed by atoms with Crippen molar-refractivity contribution in [3.05, 3.63) is 59.5 Å². The number of ether oxygens (including phenoxy) is 1. The first-order valence-corrected chi connectivity index (χ1v) is 9.52. The fraction of sp³-hybridized carbons (Fsp3) is 0.476. The van der Waals surface area contributed by atoms with Crippen LogP contribution in [-0.2, 0) is 9.53 Å². The summed E-state index contributed by atoms with van der Waals surface area (Å²) >= 11 is 0. The van der Waals surface area contributed by atoms with Crippen LogP contribution in [0.2, 0.25) is 0 Å². The van der Waals surface area contributed by atoms with Crippen molar-refractivity contribution in [1.29, 1.82) is 0 Å². The van der Waals surface area contributed by atoms with Crippen LogP contribution < -0.4 is 11.1 Å². The minimum Gasteiger partial charge on any atom is -0.465 e. The number of carbonyl (C=O) groups is 1. The van der Waals surface area contributed by atoms with E-state index in [0.29, 0.717) is 19.8 Å². The number of rotatable bonds is 7. The lowest BCUT2D eigenvalue weighted by molar-refractivity contribution is -0.125. The van der Waals surface area contributed by atoms with Gasteiger partial charge in [0, 0.05) is 25.7 Å². The SMILES string of the molecule is Cc1ccc(C(CNC(=O)C(C)C(N)c2ccccc2)N2CCOCC2)o1. The predicted molar refractivity (Wildman–Crippen MR) is 104 cm³/mol. The van der Waals surface area contributed by atoms with Crippen molar-refractivity contribution in [2.24, 2.45) is 11.7 Å². The normalized spacial score (nSPS) is 18.6. The van der Waals surface area contributed by atoms with Crippen LogP contribution in [0.15, 0.2) is 46.9 Å². The highest BCUT2D eigenvalue weighted by atomic mass is 16.5. The molecule has 1 aromatic heterocycles. The summed E-state index contributed by atoms with van der Waals surface area (Å²) in [6.07, 6.45) is 0. The van der Waals surface area contributed by atoms with Crippen LogP contribution in [0, 0.1) is 12.8 Å². The van der Waals surface area contributed by atoms with Crippen molar-refractivity contribution < 1.29 is 13.9 Å². The number of hydrogen-bond acceptors (Lipinski definition) is 5. The lowest BCUT2D eigenvalue weighted by atomic mass is 9.94. The predicted octanol–water partition coefficient (Wildman–Crippen LogP) is 2.41. The van der Waals surface area contributed by atoms with Crippen LogP contribution >= 0.6 is 0 Å². The first kappa shape index (κ1) is 19.6. The van der Waals surface area contributed by atoms with Gasteiger partial charge < -0.3 is 20.2 Å². The van der Waals surface area contributed by atoms with E-state index in [0.717, 1.165) is 30.2 Å². The molecule has 0 bridgehead atoms. The van der Waals surface area contributed by atoms with Gasteiger partial charge in [0.1, 0.15) is 11.5 Å². The molecule has 3 unspecified atom stereocenters. The molecule has 1 aliphatic heterocycles. The quantitative estimate of drug-likeness (QED) is 0.781. The number of benzene rings is 1. The average molecular weight is 371 g/mol. The molecule has 0 aliphatic carbocycles. The number of nitrogens with zero attached hydrogens (tertiary/aromatic N) is 1. The van der Waals surface area contributed by atoms with Gasteiger partial charge in [0.25, 0.3) is 0 Å². The maximum absolute atomic E-state index is 12.7. The molecule has 1 aliphatic rings. The van der Waals surface area contributed by atoms with E-state index in [1.54, 1.807) is 0 Å². The molecule has 0 radical (unpaired) electrons. The number of aryl methyl sites for hydroxylation is 1. The second kappa shape index (κ2) is 9.17. The molecule has 3 N–H and O–H groups in total. The second-order valence-electron chi connectivity index (χ2n) is 7.08. The summed E-state index contributed by atoms with van der Waals surface area (Å²) in [5.41, 5.74) is 7.26. The van der Waals surface area contributed by atoms with Crippen molar-refractivity contribution >= 4 is 5.91 Å².